The molecule has 58 heavy (non-hydrogen) atoms. The summed E-state index contributed by atoms with van der Waals surface area (Å²) in [4.78, 5) is 30.0. The Labute approximate surface area is 341 Å². The first-order valence-corrected chi connectivity index (χ1v) is 20.9. The average molecular weight is 784 g/mol. The number of carbonyl (C=O) groups excluding carboxylic acids is 2. The lowest BCUT2D eigenvalue weighted by Gasteiger charge is -2.31. The highest BCUT2D eigenvalue weighted by Gasteiger charge is 2.39. The number of benzene rings is 3. The number of nitrogens with one attached hydrogen (secondary N) is 1. The highest BCUT2D eigenvalue weighted by molar-refractivity contribution is 5.98. The third-order valence-electron chi connectivity index (χ3n) is 12.9. The van der Waals surface area contributed by atoms with E-state index in [1.54, 1.807) is 36.5 Å². The largest absolute Gasteiger partial charge is 0.508 e. The third kappa shape index (κ3) is 9.75. The summed E-state index contributed by atoms with van der Waals surface area (Å²) in [6.07, 6.45) is 16.1. The van der Waals surface area contributed by atoms with Crippen LogP contribution < -0.4 is 16.2 Å². The molecular weight excluding hydrogens is 727 g/mol. The van der Waals surface area contributed by atoms with Gasteiger partial charge < -0.3 is 36.5 Å². The van der Waals surface area contributed by atoms with Crippen LogP contribution in [0.3, 0.4) is 0 Å². The molecule has 8 N–H and O–H groups in total. The fourth-order valence-electron chi connectivity index (χ4n) is 9.30. The van der Waals surface area contributed by atoms with Crippen LogP contribution in [0, 0.1) is 22.7 Å². The van der Waals surface area contributed by atoms with Crippen molar-refractivity contribution in [2.75, 3.05) is 6.61 Å². The van der Waals surface area contributed by atoms with Gasteiger partial charge in [0.2, 0.25) is 0 Å². The van der Waals surface area contributed by atoms with Gasteiger partial charge in [0.1, 0.15) is 5.75 Å². The van der Waals surface area contributed by atoms with Crippen molar-refractivity contribution in [1.82, 2.24) is 4.98 Å². The van der Waals surface area contributed by atoms with E-state index in [1.165, 1.54) is 25.7 Å². The van der Waals surface area contributed by atoms with Gasteiger partial charge in [0.25, 0.3) is 0 Å². The van der Waals surface area contributed by atoms with Crippen molar-refractivity contribution >= 4 is 11.6 Å². The van der Waals surface area contributed by atoms with E-state index in [0.717, 1.165) is 60.1 Å². The molecule has 2 saturated carbocycles. The number of nitrogens with two attached hydrogens (primary N) is 2. The number of hydrogen-bond acceptors (Lipinski definition) is 8. The van der Waals surface area contributed by atoms with Gasteiger partial charge in [-0.2, -0.15) is 0 Å². The number of ketones is 2. The van der Waals surface area contributed by atoms with Gasteiger partial charge >= 0.3 is 0 Å². The molecule has 3 atom stereocenters. The van der Waals surface area contributed by atoms with E-state index in [0.29, 0.717) is 53.5 Å². The number of allylic oxidation sites excluding steroid dienone is 2. The smallest absolute Gasteiger partial charge is 0.165 e. The summed E-state index contributed by atoms with van der Waals surface area (Å²) in [5.41, 5.74) is 18.2. The molecule has 3 unspecified atom stereocenters. The molecule has 1 heterocycles. The molecule has 9 nitrogen and oxygen atoms in total. The van der Waals surface area contributed by atoms with E-state index in [4.69, 9.17) is 16.2 Å². The third-order valence-corrected chi connectivity index (χ3v) is 12.9. The number of hydrogen-bond donors (Lipinski definition) is 6. The molecule has 7 rings (SSSR count). The number of ether oxygens (including phenoxy) is 1. The summed E-state index contributed by atoms with van der Waals surface area (Å²) in [5, 5.41) is 32.3. The zero-order valence-corrected chi connectivity index (χ0v) is 33.6. The van der Waals surface area contributed by atoms with Crippen LogP contribution in [-0.4, -0.2) is 44.6 Å². The first-order chi connectivity index (χ1) is 27.9. The van der Waals surface area contributed by atoms with Crippen LogP contribution in [0.15, 0.2) is 79.0 Å². The number of aliphatic hydroxyl groups excluding tert-OH is 1. The number of H-pyrrole nitrogens is 1. The number of phenols is 2. The fourth-order valence-corrected chi connectivity index (χ4v) is 9.30. The number of aliphatic hydroxyl groups is 1. The predicted octanol–water partition coefficient (Wildman–Crippen LogP) is 8.23. The van der Waals surface area contributed by atoms with E-state index in [2.05, 4.69) is 29.8 Å². The summed E-state index contributed by atoms with van der Waals surface area (Å²) < 4.78 is 6.09. The zero-order valence-electron chi connectivity index (χ0n) is 33.6. The summed E-state index contributed by atoms with van der Waals surface area (Å²) in [6.45, 7) is 2.63. The Hall–Kier alpha value is -5.14. The van der Waals surface area contributed by atoms with E-state index in [-0.39, 0.29) is 47.6 Å². The molecule has 0 bridgehead atoms. The minimum atomic E-state index is -0.690. The summed E-state index contributed by atoms with van der Waals surface area (Å²) in [7, 11) is 0. The van der Waals surface area contributed by atoms with Gasteiger partial charge in [-0.1, -0.05) is 68.0 Å². The molecule has 4 aromatic rings. The summed E-state index contributed by atoms with van der Waals surface area (Å²) >= 11 is 0. The van der Waals surface area contributed by atoms with Crippen LogP contribution in [0.4, 0.5) is 0 Å². The van der Waals surface area contributed by atoms with Crippen molar-refractivity contribution in [3.05, 3.63) is 124 Å². The summed E-state index contributed by atoms with van der Waals surface area (Å²) in [5.74, 6) is 6.37. The highest BCUT2D eigenvalue weighted by atomic mass is 16.5. The van der Waals surface area contributed by atoms with Crippen molar-refractivity contribution in [1.29, 1.82) is 0 Å². The SMILES string of the molecule is CC1(CCC2(C=CC(=O)CCc3ccc(O)c(OCCc4ccc(O)c(C5CC(=O)c6cc[nH]c6CC#Cc6cc(C(N)N)ccc65)c4)c3)CCC(O)C2)CCCC1. The molecule has 304 valence electrons. The van der Waals surface area contributed by atoms with E-state index in [9.17, 15) is 24.9 Å². The van der Waals surface area contributed by atoms with Crippen molar-refractivity contribution in [3.63, 3.8) is 0 Å². The maximum atomic E-state index is 13.7. The number of aryl methyl sites for hydroxylation is 1. The topological polar surface area (TPSA) is 172 Å². The van der Waals surface area contributed by atoms with Gasteiger partial charge in [-0.25, -0.2) is 0 Å². The van der Waals surface area contributed by atoms with Gasteiger partial charge in [0.15, 0.2) is 23.1 Å². The first-order valence-electron chi connectivity index (χ1n) is 20.9. The number of aromatic amines is 1. The lowest BCUT2D eigenvalue weighted by atomic mass is 9.74. The number of rotatable bonds is 14. The minimum Gasteiger partial charge on any atom is -0.508 e. The molecule has 3 aliphatic carbocycles. The number of aromatic nitrogens is 1. The van der Waals surface area contributed by atoms with Gasteiger partial charge in [-0.3, -0.25) is 9.59 Å². The summed E-state index contributed by atoms with van der Waals surface area (Å²) in [6, 6.07) is 17.9. The van der Waals surface area contributed by atoms with Crippen LogP contribution in [-0.2, 0) is 24.1 Å². The molecule has 0 amide bonds. The van der Waals surface area contributed by atoms with Gasteiger partial charge in [-0.05, 0) is 121 Å². The van der Waals surface area contributed by atoms with E-state index in [1.807, 2.05) is 36.4 Å². The maximum Gasteiger partial charge on any atom is 0.165 e. The Morgan fingerprint density at radius 1 is 0.966 bits per heavy atom. The second kappa shape index (κ2) is 17.8. The van der Waals surface area contributed by atoms with Crippen molar-refractivity contribution in [2.45, 2.75) is 115 Å². The van der Waals surface area contributed by atoms with Crippen molar-refractivity contribution < 1.29 is 29.6 Å². The normalized spacial score (nSPS) is 21.4. The molecule has 2 fully saturated rings. The standard InChI is InChI=1S/C49H57N3O6/c1-48(19-2-3-20-48)23-24-49(22-16-37(54)31-49)21-15-36(53)11-7-32-9-14-44(56)46(28-32)58-26-18-33-8-13-43(55)41(27-33)40-30-45(57)39-17-25-52-42(39)6-4-5-34-29-35(47(50)51)10-12-38(34)40/h8-10,12-15,17,21,25,27-29,37,40,47,52,54-56H,2-3,6-7,11,16,18-20,22-24,26,30-31,50-51H2,1H3. The molecule has 0 radical (unpaired) electrons. The Morgan fingerprint density at radius 2 is 1.74 bits per heavy atom. The molecule has 0 saturated heterocycles. The zero-order chi connectivity index (χ0) is 40.9. The van der Waals surface area contributed by atoms with Crippen LogP contribution >= 0.6 is 0 Å². The van der Waals surface area contributed by atoms with E-state index < -0.39 is 12.1 Å². The van der Waals surface area contributed by atoms with Crippen molar-refractivity contribution in [2.24, 2.45) is 22.3 Å². The molecule has 0 spiro atoms. The molecule has 1 aromatic heterocycles. The van der Waals surface area contributed by atoms with Crippen molar-refractivity contribution in [3.8, 4) is 29.1 Å². The molecule has 0 aliphatic heterocycles. The maximum absolute atomic E-state index is 13.7. The van der Waals surface area contributed by atoms with E-state index >= 15 is 0 Å². The molecule has 3 aromatic carbocycles. The molecule has 9 heteroatoms. The Balaban J connectivity index is 1.01. The van der Waals surface area contributed by atoms with Crippen LogP contribution in [0.5, 0.6) is 17.2 Å². The highest BCUT2D eigenvalue weighted by Crippen LogP contribution is 2.49. The van der Waals surface area contributed by atoms with Gasteiger partial charge in [0.05, 0.1) is 25.3 Å². The quantitative estimate of drug-likeness (QED) is 0.0422. The minimum absolute atomic E-state index is 0.0116. The number of Topliss-reactive ketones (excluding diaryl/α,β-unsaturated/α-hetero) is 1. The lowest BCUT2D eigenvalue weighted by molar-refractivity contribution is -0.114. The van der Waals surface area contributed by atoms with Crippen LogP contribution in [0.1, 0.15) is 139 Å². The molecule has 3 aliphatic rings. The number of aromatic hydroxyl groups is 2. The predicted molar refractivity (Wildman–Crippen MR) is 226 cm³/mol. The lowest BCUT2D eigenvalue weighted by Crippen LogP contribution is -2.21. The molecular formula is C49H57N3O6. The number of carbonyl (C=O) groups is 2. The van der Waals surface area contributed by atoms with Crippen LogP contribution in [0.2, 0.25) is 0 Å². The van der Waals surface area contributed by atoms with Gasteiger partial charge in [0, 0.05) is 53.8 Å². The van der Waals surface area contributed by atoms with Crippen LogP contribution in [0.25, 0.3) is 0 Å². The Morgan fingerprint density at radius 3 is 2.50 bits per heavy atom. The number of phenolic OH excluding ortho intramolecular Hbond substituents is 2. The second-order valence-corrected chi connectivity index (χ2v) is 17.3. The fraction of sp³-hybridized carbons (Fsp3) is 0.429. The van der Waals surface area contributed by atoms with Gasteiger partial charge in [-0.15, -0.1) is 0 Å². The first kappa shape index (κ1) is 41.0. The Kier molecular flexibility index (Phi) is 12.6. The number of fused-ring (bicyclic) bond motifs is 2. The average Bonchev–Trinajstić information content (AvgIpc) is 3.97. The Bertz CT molecular complexity index is 2220. The monoisotopic (exact) mass is 783 g/mol. The second-order valence-electron chi connectivity index (χ2n) is 17.3.